The van der Waals surface area contributed by atoms with Crippen LogP contribution in [0.25, 0.3) is 0 Å². The van der Waals surface area contributed by atoms with Gasteiger partial charge in [-0.2, -0.15) is 23.4 Å². The highest BCUT2D eigenvalue weighted by molar-refractivity contribution is 7.80. The minimum absolute atomic E-state index is 0.179. The van der Waals surface area contributed by atoms with Crippen molar-refractivity contribution in [3.05, 3.63) is 94.7 Å². The molecule has 2 heterocycles. The standard InChI is InChI=1S/C24H22F4N6S/c1-15-22(16(2)34(31-15)13-17-6-5-8-19(12-17)24(26,27)28)30-23(35)29-21-10-11-33(32-21)14-18-7-3-4-9-20(18)25/h3-12H,13-14H2,1-2H3,(H2,29,30,32,35). The molecule has 0 unspecified atom stereocenters. The molecule has 0 aliphatic rings. The summed E-state index contributed by atoms with van der Waals surface area (Å²) in [5.41, 5.74) is 2.31. The van der Waals surface area contributed by atoms with E-state index in [-0.39, 0.29) is 24.0 Å². The number of aromatic nitrogens is 4. The van der Waals surface area contributed by atoms with Gasteiger partial charge in [-0.15, -0.1) is 0 Å². The minimum atomic E-state index is -4.40. The number of benzene rings is 2. The summed E-state index contributed by atoms with van der Waals surface area (Å²) in [6, 6.07) is 13.4. The summed E-state index contributed by atoms with van der Waals surface area (Å²) in [5, 5.41) is 15.1. The van der Waals surface area contributed by atoms with Gasteiger partial charge in [-0.1, -0.05) is 30.3 Å². The lowest BCUT2D eigenvalue weighted by Crippen LogP contribution is -2.20. The molecule has 4 aromatic rings. The van der Waals surface area contributed by atoms with Gasteiger partial charge in [0.05, 0.1) is 35.7 Å². The SMILES string of the molecule is Cc1nn(Cc2cccc(C(F)(F)F)c2)c(C)c1NC(=S)Nc1ccn(Cc2ccccc2F)n1. The van der Waals surface area contributed by atoms with Crippen LogP contribution in [0.3, 0.4) is 0 Å². The molecule has 0 amide bonds. The van der Waals surface area contributed by atoms with E-state index in [0.29, 0.717) is 34.0 Å². The number of anilines is 2. The number of hydrogen-bond donors (Lipinski definition) is 2. The molecule has 0 aliphatic carbocycles. The van der Waals surface area contributed by atoms with Crippen LogP contribution in [0, 0.1) is 19.7 Å². The van der Waals surface area contributed by atoms with Crippen LogP contribution in [0.15, 0.2) is 60.8 Å². The summed E-state index contributed by atoms with van der Waals surface area (Å²) < 4.78 is 56.2. The van der Waals surface area contributed by atoms with Crippen molar-refractivity contribution >= 4 is 28.8 Å². The van der Waals surface area contributed by atoms with Crippen molar-refractivity contribution in [2.75, 3.05) is 10.6 Å². The number of nitrogens with one attached hydrogen (secondary N) is 2. The summed E-state index contributed by atoms with van der Waals surface area (Å²) >= 11 is 5.40. The normalized spacial score (nSPS) is 11.5. The molecule has 0 radical (unpaired) electrons. The first kappa shape index (κ1) is 24.4. The molecule has 6 nitrogen and oxygen atoms in total. The third-order valence-electron chi connectivity index (χ3n) is 5.38. The highest BCUT2D eigenvalue weighted by Gasteiger charge is 2.30. The second-order valence-electron chi connectivity index (χ2n) is 7.97. The van der Waals surface area contributed by atoms with Crippen molar-refractivity contribution in [1.29, 1.82) is 0 Å². The summed E-state index contributed by atoms with van der Waals surface area (Å²) in [6.45, 7) is 4.04. The molecule has 0 bridgehead atoms. The molecule has 2 aromatic heterocycles. The average Bonchev–Trinajstić information content (AvgIpc) is 3.34. The van der Waals surface area contributed by atoms with Gasteiger partial charge in [-0.25, -0.2) is 4.39 Å². The summed E-state index contributed by atoms with van der Waals surface area (Å²) in [7, 11) is 0. The van der Waals surface area contributed by atoms with Gasteiger partial charge in [-0.3, -0.25) is 9.36 Å². The van der Waals surface area contributed by atoms with E-state index in [9.17, 15) is 17.6 Å². The van der Waals surface area contributed by atoms with Crippen LogP contribution in [-0.2, 0) is 19.3 Å². The number of alkyl halides is 3. The number of nitrogens with zero attached hydrogens (tertiary/aromatic N) is 4. The highest BCUT2D eigenvalue weighted by atomic mass is 32.1. The molecule has 0 saturated carbocycles. The Morgan fingerprint density at radius 2 is 1.74 bits per heavy atom. The maximum atomic E-state index is 13.9. The number of thiocarbonyl (C=S) groups is 1. The fraction of sp³-hybridized carbons (Fsp3) is 0.208. The molecule has 0 saturated heterocycles. The Labute approximate surface area is 204 Å². The first-order valence-electron chi connectivity index (χ1n) is 10.6. The first-order chi connectivity index (χ1) is 16.6. The minimum Gasteiger partial charge on any atom is -0.329 e. The number of rotatable bonds is 6. The maximum Gasteiger partial charge on any atom is 0.416 e. The molecule has 0 fully saturated rings. The third kappa shape index (κ3) is 5.86. The Kier molecular flexibility index (Phi) is 6.88. The zero-order valence-electron chi connectivity index (χ0n) is 18.9. The molecule has 35 heavy (non-hydrogen) atoms. The Morgan fingerprint density at radius 3 is 2.49 bits per heavy atom. The van der Waals surface area contributed by atoms with E-state index in [1.54, 1.807) is 52.8 Å². The number of aryl methyl sites for hydroxylation is 1. The predicted octanol–water partition coefficient (Wildman–Crippen LogP) is 5.76. The van der Waals surface area contributed by atoms with E-state index in [2.05, 4.69) is 20.8 Å². The second-order valence-corrected chi connectivity index (χ2v) is 8.38. The zero-order chi connectivity index (χ0) is 25.2. The molecule has 11 heteroatoms. The zero-order valence-corrected chi connectivity index (χ0v) is 19.7. The van der Waals surface area contributed by atoms with Crippen molar-refractivity contribution in [2.24, 2.45) is 0 Å². The molecular weight excluding hydrogens is 480 g/mol. The smallest absolute Gasteiger partial charge is 0.329 e. The van der Waals surface area contributed by atoms with Crippen molar-refractivity contribution < 1.29 is 17.6 Å². The van der Waals surface area contributed by atoms with Crippen LogP contribution in [0.5, 0.6) is 0 Å². The number of halogens is 4. The molecule has 0 spiro atoms. The van der Waals surface area contributed by atoms with E-state index in [1.807, 2.05) is 6.92 Å². The Bertz CT molecular complexity index is 1360. The summed E-state index contributed by atoms with van der Waals surface area (Å²) in [6.07, 6.45) is -2.70. The van der Waals surface area contributed by atoms with Crippen molar-refractivity contribution in [2.45, 2.75) is 33.1 Å². The Morgan fingerprint density at radius 1 is 0.971 bits per heavy atom. The maximum absolute atomic E-state index is 13.9. The quantitative estimate of drug-likeness (QED) is 0.259. The van der Waals surface area contributed by atoms with Gasteiger partial charge in [0.1, 0.15) is 5.82 Å². The van der Waals surface area contributed by atoms with Crippen molar-refractivity contribution in [3.63, 3.8) is 0 Å². The monoisotopic (exact) mass is 502 g/mol. The Balaban J connectivity index is 1.42. The fourth-order valence-electron chi connectivity index (χ4n) is 3.63. The molecule has 0 atom stereocenters. The highest BCUT2D eigenvalue weighted by Crippen LogP contribution is 2.30. The Hall–Kier alpha value is -3.73. The topological polar surface area (TPSA) is 59.7 Å². The van der Waals surface area contributed by atoms with Crippen LogP contribution >= 0.6 is 12.2 Å². The molecular formula is C24H22F4N6S. The van der Waals surface area contributed by atoms with Crippen LogP contribution in [0.2, 0.25) is 0 Å². The van der Waals surface area contributed by atoms with E-state index < -0.39 is 11.7 Å². The van der Waals surface area contributed by atoms with Crippen molar-refractivity contribution in [3.8, 4) is 0 Å². The van der Waals surface area contributed by atoms with Crippen molar-refractivity contribution in [1.82, 2.24) is 19.6 Å². The van der Waals surface area contributed by atoms with Gasteiger partial charge in [-0.05, 0) is 49.8 Å². The van der Waals surface area contributed by atoms with Gasteiger partial charge >= 0.3 is 6.18 Å². The van der Waals surface area contributed by atoms with Gasteiger partial charge in [0, 0.05) is 17.8 Å². The van der Waals surface area contributed by atoms with Crippen LogP contribution in [0.4, 0.5) is 29.1 Å². The molecule has 0 aliphatic heterocycles. The summed E-state index contributed by atoms with van der Waals surface area (Å²) in [5.74, 6) is 0.174. The van der Waals surface area contributed by atoms with Gasteiger partial charge in [0.2, 0.25) is 0 Å². The van der Waals surface area contributed by atoms with Crippen LogP contribution in [-0.4, -0.2) is 24.7 Å². The lowest BCUT2D eigenvalue weighted by Gasteiger charge is -2.11. The lowest BCUT2D eigenvalue weighted by atomic mass is 10.1. The molecule has 2 aromatic carbocycles. The predicted molar refractivity (Wildman–Crippen MR) is 130 cm³/mol. The van der Waals surface area contributed by atoms with E-state index in [4.69, 9.17) is 12.2 Å². The van der Waals surface area contributed by atoms with Gasteiger partial charge in [0.15, 0.2) is 10.9 Å². The van der Waals surface area contributed by atoms with Gasteiger partial charge in [0.25, 0.3) is 0 Å². The third-order valence-corrected chi connectivity index (χ3v) is 5.58. The second kappa shape index (κ2) is 9.87. The van der Waals surface area contributed by atoms with E-state index in [1.165, 1.54) is 12.1 Å². The fourth-order valence-corrected chi connectivity index (χ4v) is 3.84. The van der Waals surface area contributed by atoms with Gasteiger partial charge < -0.3 is 10.6 Å². The first-order valence-corrected chi connectivity index (χ1v) is 11.1. The van der Waals surface area contributed by atoms with E-state index >= 15 is 0 Å². The van der Waals surface area contributed by atoms with E-state index in [0.717, 1.165) is 12.1 Å². The largest absolute Gasteiger partial charge is 0.416 e. The van der Waals surface area contributed by atoms with Crippen LogP contribution < -0.4 is 10.6 Å². The average molecular weight is 503 g/mol. The number of hydrogen-bond acceptors (Lipinski definition) is 3. The molecule has 2 N–H and O–H groups in total. The van der Waals surface area contributed by atoms with Crippen LogP contribution in [0.1, 0.15) is 28.1 Å². The molecule has 4 rings (SSSR count). The summed E-state index contributed by atoms with van der Waals surface area (Å²) in [4.78, 5) is 0. The lowest BCUT2D eigenvalue weighted by molar-refractivity contribution is -0.137. The molecule has 182 valence electrons.